The number of benzene rings is 1. The summed E-state index contributed by atoms with van der Waals surface area (Å²) in [6, 6.07) is 8.82. The van der Waals surface area contributed by atoms with E-state index in [1.165, 1.54) is 9.71 Å². The van der Waals surface area contributed by atoms with Gasteiger partial charge < -0.3 is 10.1 Å². The van der Waals surface area contributed by atoms with Crippen LogP contribution in [0.15, 0.2) is 24.3 Å². The lowest BCUT2D eigenvalue weighted by molar-refractivity contribution is 0.117. The van der Waals surface area contributed by atoms with Gasteiger partial charge in [0.2, 0.25) is 0 Å². The Morgan fingerprint density at radius 2 is 2.32 bits per heavy atom. The Morgan fingerprint density at radius 3 is 3.00 bits per heavy atom. The fourth-order valence-corrected chi connectivity index (χ4v) is 3.86. The fourth-order valence-electron chi connectivity index (χ4n) is 2.83. The van der Waals surface area contributed by atoms with Gasteiger partial charge in [0.15, 0.2) is 0 Å². The molecule has 0 spiro atoms. The number of hydrogen-bond donors (Lipinski definition) is 1. The van der Waals surface area contributed by atoms with Crippen LogP contribution in [0, 0.1) is 5.92 Å². The largest absolute Gasteiger partial charge is 0.378 e. The van der Waals surface area contributed by atoms with Gasteiger partial charge in [0.05, 0.1) is 27.9 Å². The van der Waals surface area contributed by atoms with Gasteiger partial charge in [-0.2, -0.15) is 0 Å². The molecule has 3 atom stereocenters. The Morgan fingerprint density at radius 1 is 1.47 bits per heavy atom. The molecule has 1 aromatic carbocycles. The molecule has 0 saturated carbocycles. The monoisotopic (exact) mass is 276 g/mol. The summed E-state index contributed by atoms with van der Waals surface area (Å²) in [6.07, 6.45) is 2.55. The normalized spacial score (nSPS) is 24.9. The zero-order valence-corrected chi connectivity index (χ0v) is 12.2. The van der Waals surface area contributed by atoms with E-state index >= 15 is 0 Å². The summed E-state index contributed by atoms with van der Waals surface area (Å²) in [5, 5.41) is 4.67. The number of thiazole rings is 1. The number of nitrogens with one attached hydrogen (secondary N) is 1. The molecule has 4 heteroatoms. The van der Waals surface area contributed by atoms with E-state index < -0.39 is 0 Å². The third-order valence-electron chi connectivity index (χ3n) is 3.90. The summed E-state index contributed by atoms with van der Waals surface area (Å²) >= 11 is 1.81. The number of fused-ring (bicyclic) bond motifs is 1. The average molecular weight is 276 g/mol. The van der Waals surface area contributed by atoms with Gasteiger partial charge in [0.1, 0.15) is 0 Å². The first kappa shape index (κ1) is 13.0. The first-order valence-electron chi connectivity index (χ1n) is 6.89. The SMILES string of the molecule is CNC(Cc1nc2ccccc2s1)C1COC(C)C1. The maximum absolute atomic E-state index is 5.69. The number of para-hydroxylation sites is 1. The summed E-state index contributed by atoms with van der Waals surface area (Å²) in [6.45, 7) is 3.03. The van der Waals surface area contributed by atoms with Crippen LogP contribution >= 0.6 is 11.3 Å². The lowest BCUT2D eigenvalue weighted by Gasteiger charge is -2.20. The van der Waals surface area contributed by atoms with Gasteiger partial charge in [-0.3, -0.25) is 0 Å². The predicted octanol–water partition coefficient (Wildman–Crippen LogP) is 2.85. The van der Waals surface area contributed by atoms with Crippen LogP contribution in [0.3, 0.4) is 0 Å². The average Bonchev–Trinajstić information content (AvgIpc) is 3.01. The summed E-state index contributed by atoms with van der Waals surface area (Å²) in [4.78, 5) is 4.73. The summed E-state index contributed by atoms with van der Waals surface area (Å²) < 4.78 is 6.97. The van der Waals surface area contributed by atoms with Crippen molar-refractivity contribution in [1.82, 2.24) is 10.3 Å². The number of nitrogens with zero attached hydrogens (tertiary/aromatic N) is 1. The lowest BCUT2D eigenvalue weighted by Crippen LogP contribution is -2.36. The fraction of sp³-hybridized carbons (Fsp3) is 0.533. The molecule has 1 aliphatic rings. The summed E-state index contributed by atoms with van der Waals surface area (Å²) in [5.74, 6) is 0.604. The maximum Gasteiger partial charge on any atom is 0.0954 e. The second-order valence-corrected chi connectivity index (χ2v) is 6.43. The van der Waals surface area contributed by atoms with Crippen LogP contribution in [0.5, 0.6) is 0 Å². The lowest BCUT2D eigenvalue weighted by atomic mass is 9.95. The van der Waals surface area contributed by atoms with E-state index in [0.717, 1.165) is 25.0 Å². The molecule has 1 aromatic heterocycles. The maximum atomic E-state index is 5.69. The van der Waals surface area contributed by atoms with E-state index in [4.69, 9.17) is 9.72 Å². The minimum atomic E-state index is 0.399. The van der Waals surface area contributed by atoms with Crippen LogP contribution in [0.4, 0.5) is 0 Å². The molecule has 3 nitrogen and oxygen atoms in total. The molecule has 0 aliphatic carbocycles. The first-order valence-corrected chi connectivity index (χ1v) is 7.71. The van der Waals surface area contributed by atoms with Gasteiger partial charge in [-0.05, 0) is 32.5 Å². The van der Waals surface area contributed by atoms with E-state index in [9.17, 15) is 0 Å². The second kappa shape index (κ2) is 5.57. The van der Waals surface area contributed by atoms with E-state index in [0.29, 0.717) is 18.1 Å². The minimum absolute atomic E-state index is 0.399. The Labute approximate surface area is 118 Å². The second-order valence-electron chi connectivity index (χ2n) is 5.31. The molecule has 3 unspecified atom stereocenters. The van der Waals surface area contributed by atoms with E-state index in [2.05, 4.69) is 30.4 Å². The zero-order chi connectivity index (χ0) is 13.2. The molecular formula is C15H20N2OS. The van der Waals surface area contributed by atoms with E-state index in [1.807, 2.05) is 24.5 Å². The van der Waals surface area contributed by atoms with Crippen LogP contribution in [0.1, 0.15) is 18.4 Å². The van der Waals surface area contributed by atoms with Crippen molar-refractivity contribution in [2.24, 2.45) is 5.92 Å². The van der Waals surface area contributed by atoms with Crippen molar-refractivity contribution in [2.45, 2.75) is 31.9 Å². The number of rotatable bonds is 4. The number of hydrogen-bond acceptors (Lipinski definition) is 4. The molecule has 1 saturated heterocycles. The first-order chi connectivity index (χ1) is 9.26. The van der Waals surface area contributed by atoms with Crippen LogP contribution in [0.2, 0.25) is 0 Å². The Bertz CT molecular complexity index is 521. The van der Waals surface area contributed by atoms with Crippen molar-refractivity contribution in [1.29, 1.82) is 0 Å². The highest BCUT2D eigenvalue weighted by atomic mass is 32.1. The predicted molar refractivity (Wildman–Crippen MR) is 79.7 cm³/mol. The third-order valence-corrected chi connectivity index (χ3v) is 4.96. The third kappa shape index (κ3) is 2.81. The zero-order valence-electron chi connectivity index (χ0n) is 11.4. The Kier molecular flexibility index (Phi) is 3.82. The molecule has 19 heavy (non-hydrogen) atoms. The Hall–Kier alpha value is -0.970. The molecule has 102 valence electrons. The van der Waals surface area contributed by atoms with Gasteiger partial charge in [-0.1, -0.05) is 12.1 Å². The van der Waals surface area contributed by atoms with Crippen LogP contribution in [0.25, 0.3) is 10.2 Å². The molecule has 2 heterocycles. The van der Waals surface area contributed by atoms with Gasteiger partial charge in [0, 0.05) is 18.4 Å². The van der Waals surface area contributed by atoms with Crippen molar-refractivity contribution >= 4 is 21.6 Å². The van der Waals surface area contributed by atoms with E-state index in [1.54, 1.807) is 0 Å². The molecule has 3 rings (SSSR count). The molecule has 1 N–H and O–H groups in total. The van der Waals surface area contributed by atoms with Gasteiger partial charge >= 0.3 is 0 Å². The molecular weight excluding hydrogens is 256 g/mol. The van der Waals surface area contributed by atoms with Gasteiger partial charge in [0.25, 0.3) is 0 Å². The highest BCUT2D eigenvalue weighted by molar-refractivity contribution is 7.18. The Balaban J connectivity index is 1.75. The molecule has 0 radical (unpaired) electrons. The minimum Gasteiger partial charge on any atom is -0.378 e. The van der Waals surface area contributed by atoms with Gasteiger partial charge in [-0.15, -0.1) is 11.3 Å². The highest BCUT2D eigenvalue weighted by Crippen LogP contribution is 2.27. The highest BCUT2D eigenvalue weighted by Gasteiger charge is 2.29. The molecule has 0 bridgehead atoms. The van der Waals surface area contributed by atoms with Gasteiger partial charge in [-0.25, -0.2) is 4.98 Å². The van der Waals surface area contributed by atoms with Crippen molar-refractivity contribution < 1.29 is 4.74 Å². The number of ether oxygens (including phenoxy) is 1. The van der Waals surface area contributed by atoms with Crippen molar-refractivity contribution in [3.05, 3.63) is 29.3 Å². The smallest absolute Gasteiger partial charge is 0.0954 e. The van der Waals surface area contributed by atoms with E-state index in [-0.39, 0.29) is 0 Å². The van der Waals surface area contributed by atoms with Crippen LogP contribution < -0.4 is 5.32 Å². The summed E-state index contributed by atoms with van der Waals surface area (Å²) in [5.41, 5.74) is 1.12. The van der Waals surface area contributed by atoms with Crippen LogP contribution in [-0.4, -0.2) is 30.8 Å². The van der Waals surface area contributed by atoms with Crippen molar-refractivity contribution in [3.63, 3.8) is 0 Å². The molecule has 1 fully saturated rings. The number of likely N-dealkylation sites (N-methyl/N-ethyl adjacent to an activating group) is 1. The topological polar surface area (TPSA) is 34.2 Å². The molecule has 1 aliphatic heterocycles. The van der Waals surface area contributed by atoms with Crippen molar-refractivity contribution in [3.8, 4) is 0 Å². The van der Waals surface area contributed by atoms with Crippen LogP contribution in [-0.2, 0) is 11.2 Å². The number of aromatic nitrogens is 1. The molecule has 2 aromatic rings. The standard InChI is InChI=1S/C15H20N2OS/c1-10-7-11(9-18-10)13(16-2)8-15-17-12-5-3-4-6-14(12)19-15/h3-6,10-11,13,16H,7-9H2,1-2H3. The van der Waals surface area contributed by atoms with Crippen molar-refractivity contribution in [2.75, 3.05) is 13.7 Å². The quantitative estimate of drug-likeness (QED) is 0.932. The summed E-state index contributed by atoms with van der Waals surface area (Å²) in [7, 11) is 2.04. The molecule has 0 amide bonds.